The van der Waals surface area contributed by atoms with Crippen molar-refractivity contribution in [2.24, 2.45) is 5.92 Å². The minimum atomic E-state index is -0.911. The molecule has 0 saturated carbocycles. The van der Waals surface area contributed by atoms with Gasteiger partial charge in [0, 0.05) is 6.08 Å². The zero-order chi connectivity index (χ0) is 15.0. The van der Waals surface area contributed by atoms with Gasteiger partial charge in [-0.1, -0.05) is 49.0 Å². The van der Waals surface area contributed by atoms with Gasteiger partial charge in [0.05, 0.1) is 0 Å². The van der Waals surface area contributed by atoms with Crippen molar-refractivity contribution in [1.29, 1.82) is 0 Å². The molecule has 0 amide bonds. The van der Waals surface area contributed by atoms with Crippen molar-refractivity contribution in [2.75, 3.05) is 0 Å². The Morgan fingerprint density at radius 1 is 1.30 bits per heavy atom. The molecule has 0 aliphatic heterocycles. The van der Waals surface area contributed by atoms with Crippen LogP contribution in [0.1, 0.15) is 40.0 Å². The highest BCUT2D eigenvalue weighted by Crippen LogP contribution is 2.25. The van der Waals surface area contributed by atoms with E-state index in [9.17, 15) is 4.79 Å². The van der Waals surface area contributed by atoms with Crippen LogP contribution in [0.2, 0.25) is 0 Å². The second kappa shape index (κ2) is 8.36. The monoisotopic (exact) mass is 272 g/mol. The maximum Gasteiger partial charge on any atom is 0.328 e. The van der Waals surface area contributed by atoms with Gasteiger partial charge in [-0.2, -0.15) is 0 Å². The molecule has 20 heavy (non-hydrogen) atoms. The molecule has 0 spiro atoms. The highest BCUT2D eigenvalue weighted by Gasteiger charge is 2.09. The first-order valence-electron chi connectivity index (χ1n) is 7.13. The van der Waals surface area contributed by atoms with Crippen LogP contribution in [-0.2, 0) is 4.79 Å². The maximum absolute atomic E-state index is 10.5. The average Bonchev–Trinajstić information content (AvgIpc) is 2.37. The smallest absolute Gasteiger partial charge is 0.328 e. The van der Waals surface area contributed by atoms with Crippen molar-refractivity contribution in [3.8, 4) is 0 Å². The Labute approximate surface area is 121 Å². The molecule has 1 unspecified atom stereocenters. The molecule has 0 heterocycles. The first kappa shape index (κ1) is 16.2. The molecule has 108 valence electrons. The van der Waals surface area contributed by atoms with Crippen molar-refractivity contribution < 1.29 is 9.90 Å². The standard InChI is InChI=1S/C18H24O2/c1-14(7-6-8-15(2)13-18(19)20)11-12-17-10-5-4-9-16(17)3/h6-8,10-13,16H,4-5,9H2,1-3H3,(H,19,20). The number of carbonyl (C=O) groups is 1. The SMILES string of the molecule is CC(C=CC1=CCCCC1C)=CC=CC(C)=CC(=O)O. The van der Waals surface area contributed by atoms with Gasteiger partial charge in [0.15, 0.2) is 0 Å². The van der Waals surface area contributed by atoms with Crippen LogP contribution in [0.5, 0.6) is 0 Å². The fourth-order valence-electron chi connectivity index (χ4n) is 2.17. The van der Waals surface area contributed by atoms with E-state index >= 15 is 0 Å². The second-order valence-electron chi connectivity index (χ2n) is 5.37. The number of hydrogen-bond acceptors (Lipinski definition) is 1. The van der Waals surface area contributed by atoms with E-state index in [1.54, 1.807) is 13.0 Å². The Bertz CT molecular complexity index is 488. The molecule has 0 aromatic heterocycles. The van der Waals surface area contributed by atoms with Crippen LogP contribution in [0.15, 0.2) is 59.3 Å². The molecule has 2 heteroatoms. The number of aliphatic carboxylic acids is 1. The van der Waals surface area contributed by atoms with Crippen molar-refractivity contribution in [2.45, 2.75) is 40.0 Å². The quantitative estimate of drug-likeness (QED) is 0.575. The molecule has 1 N–H and O–H groups in total. The summed E-state index contributed by atoms with van der Waals surface area (Å²) < 4.78 is 0. The molecule has 0 aromatic rings. The molecule has 1 aliphatic rings. The summed E-state index contributed by atoms with van der Waals surface area (Å²) in [6.45, 7) is 6.09. The summed E-state index contributed by atoms with van der Waals surface area (Å²) in [6.07, 6.45) is 17.3. The van der Waals surface area contributed by atoms with E-state index in [2.05, 4.69) is 25.2 Å². The van der Waals surface area contributed by atoms with Gasteiger partial charge in [-0.05, 0) is 50.2 Å². The van der Waals surface area contributed by atoms with Crippen LogP contribution < -0.4 is 0 Å². The Kier molecular flexibility index (Phi) is 6.78. The largest absolute Gasteiger partial charge is 0.478 e. The second-order valence-corrected chi connectivity index (χ2v) is 5.37. The molecule has 1 rings (SSSR count). The van der Waals surface area contributed by atoms with Crippen molar-refractivity contribution in [1.82, 2.24) is 0 Å². The fraction of sp³-hybridized carbons (Fsp3) is 0.389. The lowest BCUT2D eigenvalue weighted by Crippen LogP contribution is -2.02. The minimum absolute atomic E-state index is 0.657. The van der Waals surface area contributed by atoms with Crippen LogP contribution in [0.4, 0.5) is 0 Å². The van der Waals surface area contributed by atoms with Crippen LogP contribution in [-0.4, -0.2) is 11.1 Å². The topological polar surface area (TPSA) is 37.3 Å². The first-order chi connectivity index (χ1) is 9.49. The van der Waals surface area contributed by atoms with Gasteiger partial charge >= 0.3 is 5.97 Å². The van der Waals surface area contributed by atoms with Gasteiger partial charge < -0.3 is 5.11 Å². The third kappa shape index (κ3) is 6.37. The number of carboxylic acid groups (broad SMARTS) is 1. The van der Waals surface area contributed by atoms with Crippen LogP contribution in [0, 0.1) is 5.92 Å². The molecular formula is C18H24O2. The number of hydrogen-bond donors (Lipinski definition) is 1. The Morgan fingerprint density at radius 2 is 2.05 bits per heavy atom. The van der Waals surface area contributed by atoms with Gasteiger partial charge in [-0.15, -0.1) is 0 Å². The Morgan fingerprint density at radius 3 is 2.70 bits per heavy atom. The third-order valence-electron chi connectivity index (χ3n) is 3.40. The van der Waals surface area contributed by atoms with Crippen LogP contribution in [0.25, 0.3) is 0 Å². The minimum Gasteiger partial charge on any atom is -0.478 e. The van der Waals surface area contributed by atoms with Gasteiger partial charge in [0.1, 0.15) is 0 Å². The predicted molar refractivity (Wildman–Crippen MR) is 84.5 cm³/mol. The van der Waals surface area contributed by atoms with Crippen LogP contribution in [0.3, 0.4) is 0 Å². The third-order valence-corrected chi connectivity index (χ3v) is 3.40. The van der Waals surface area contributed by atoms with Crippen molar-refractivity contribution in [3.05, 3.63) is 59.3 Å². The van der Waals surface area contributed by atoms with E-state index < -0.39 is 5.97 Å². The van der Waals surface area contributed by atoms with E-state index in [0.29, 0.717) is 5.92 Å². The summed E-state index contributed by atoms with van der Waals surface area (Å²) in [6, 6.07) is 0. The summed E-state index contributed by atoms with van der Waals surface area (Å²) in [7, 11) is 0. The lowest BCUT2D eigenvalue weighted by molar-refractivity contribution is -0.131. The summed E-state index contributed by atoms with van der Waals surface area (Å²) in [4.78, 5) is 10.5. The lowest BCUT2D eigenvalue weighted by atomic mass is 9.89. The van der Waals surface area contributed by atoms with Crippen LogP contribution >= 0.6 is 0 Å². The predicted octanol–water partition coefficient (Wildman–Crippen LogP) is 4.82. The zero-order valence-electron chi connectivity index (χ0n) is 12.6. The summed E-state index contributed by atoms with van der Waals surface area (Å²) in [5.74, 6) is -0.255. The molecule has 1 atom stereocenters. The first-order valence-corrected chi connectivity index (χ1v) is 7.13. The summed E-state index contributed by atoms with van der Waals surface area (Å²) in [5.41, 5.74) is 3.31. The summed E-state index contributed by atoms with van der Waals surface area (Å²) in [5, 5.41) is 8.60. The van der Waals surface area contributed by atoms with Crippen molar-refractivity contribution >= 4 is 5.97 Å². The normalized spacial score (nSPS) is 21.6. The number of allylic oxidation sites excluding steroid dienone is 9. The lowest BCUT2D eigenvalue weighted by Gasteiger charge is -2.17. The molecule has 1 aliphatic carbocycles. The highest BCUT2D eigenvalue weighted by molar-refractivity contribution is 5.81. The molecule has 0 bridgehead atoms. The number of carboxylic acids is 1. The van der Waals surface area contributed by atoms with E-state index in [1.165, 1.54) is 30.9 Å². The van der Waals surface area contributed by atoms with Gasteiger partial charge in [0.25, 0.3) is 0 Å². The molecular weight excluding hydrogens is 248 g/mol. The molecule has 2 nitrogen and oxygen atoms in total. The van der Waals surface area contributed by atoms with E-state index in [-0.39, 0.29) is 0 Å². The Balaban J connectivity index is 2.59. The zero-order valence-corrected chi connectivity index (χ0v) is 12.6. The van der Waals surface area contributed by atoms with Crippen molar-refractivity contribution in [3.63, 3.8) is 0 Å². The molecule has 0 radical (unpaired) electrons. The van der Waals surface area contributed by atoms with Gasteiger partial charge in [-0.3, -0.25) is 0 Å². The number of rotatable bonds is 5. The highest BCUT2D eigenvalue weighted by atomic mass is 16.4. The molecule has 0 saturated heterocycles. The fourth-order valence-corrected chi connectivity index (χ4v) is 2.17. The van der Waals surface area contributed by atoms with Gasteiger partial charge in [0.2, 0.25) is 0 Å². The molecule has 0 aromatic carbocycles. The summed E-state index contributed by atoms with van der Waals surface area (Å²) >= 11 is 0. The Hall–Kier alpha value is -1.83. The van der Waals surface area contributed by atoms with E-state index in [4.69, 9.17) is 5.11 Å². The molecule has 0 fully saturated rings. The van der Waals surface area contributed by atoms with Gasteiger partial charge in [-0.25, -0.2) is 4.79 Å². The maximum atomic E-state index is 10.5. The van der Waals surface area contributed by atoms with E-state index in [0.717, 1.165) is 11.1 Å². The van der Waals surface area contributed by atoms with E-state index in [1.807, 2.05) is 19.1 Å². The average molecular weight is 272 g/mol.